The summed E-state index contributed by atoms with van der Waals surface area (Å²) in [5.41, 5.74) is 0.731. The second-order valence-electron chi connectivity index (χ2n) is 8.01. The summed E-state index contributed by atoms with van der Waals surface area (Å²) < 4.78 is 29.6. The second-order valence-corrected chi connectivity index (χ2v) is 9.63. The first-order valence-electron chi connectivity index (χ1n) is 9.10. The van der Waals surface area contributed by atoms with Crippen LogP contribution in [0.4, 0.5) is 4.79 Å². The van der Waals surface area contributed by atoms with Gasteiger partial charge in [0.2, 0.25) is 0 Å². The van der Waals surface area contributed by atoms with Gasteiger partial charge in [0.05, 0.1) is 11.5 Å². The molecule has 1 atom stereocenters. The molecule has 146 valence electrons. The number of aryl methyl sites for hydroxylation is 1. The second kappa shape index (κ2) is 8.39. The molecule has 0 saturated carbocycles. The molecular formula is C19H30N2O4S. The molecule has 26 heavy (non-hydrogen) atoms. The first-order chi connectivity index (χ1) is 12.1. The van der Waals surface area contributed by atoms with Crippen molar-refractivity contribution in [2.24, 2.45) is 5.92 Å². The van der Waals surface area contributed by atoms with E-state index < -0.39 is 10.1 Å². The van der Waals surface area contributed by atoms with Crippen LogP contribution in [0.2, 0.25) is 0 Å². The lowest BCUT2D eigenvalue weighted by atomic mass is 9.95. The fraction of sp³-hybridized carbons (Fsp3) is 0.632. The molecule has 1 unspecified atom stereocenters. The summed E-state index contributed by atoms with van der Waals surface area (Å²) in [6.07, 6.45) is 2.52. The van der Waals surface area contributed by atoms with E-state index in [0.29, 0.717) is 13.0 Å². The molecule has 1 saturated heterocycles. The van der Waals surface area contributed by atoms with Gasteiger partial charge >= 0.3 is 6.03 Å². The number of carbonyl (C=O) groups is 1. The molecule has 1 N–H and O–H groups in total. The summed E-state index contributed by atoms with van der Waals surface area (Å²) in [6, 6.07) is 6.57. The van der Waals surface area contributed by atoms with E-state index in [1.807, 2.05) is 32.6 Å². The lowest BCUT2D eigenvalue weighted by Crippen LogP contribution is -2.51. The van der Waals surface area contributed by atoms with Gasteiger partial charge in [-0.15, -0.1) is 0 Å². The number of hydrogen-bond donors (Lipinski definition) is 1. The number of benzene rings is 1. The molecule has 1 aliphatic heterocycles. The third-order valence-corrected chi connectivity index (χ3v) is 5.69. The Balaban J connectivity index is 1.83. The van der Waals surface area contributed by atoms with Crippen LogP contribution in [0.5, 0.6) is 0 Å². The quantitative estimate of drug-likeness (QED) is 0.793. The lowest BCUT2D eigenvalue weighted by Gasteiger charge is -2.35. The molecule has 1 aromatic carbocycles. The van der Waals surface area contributed by atoms with Crippen molar-refractivity contribution >= 4 is 16.1 Å². The molecule has 1 fully saturated rings. The number of rotatable bonds is 5. The van der Waals surface area contributed by atoms with Crippen LogP contribution in [0, 0.1) is 12.8 Å². The van der Waals surface area contributed by atoms with Crippen LogP contribution in [0.15, 0.2) is 29.2 Å². The van der Waals surface area contributed by atoms with Gasteiger partial charge in [-0.1, -0.05) is 17.7 Å². The van der Waals surface area contributed by atoms with Crippen molar-refractivity contribution in [3.8, 4) is 0 Å². The largest absolute Gasteiger partial charge is 0.333 e. The topological polar surface area (TPSA) is 75.7 Å². The predicted molar refractivity (Wildman–Crippen MR) is 102 cm³/mol. The van der Waals surface area contributed by atoms with Gasteiger partial charge in [-0.3, -0.25) is 4.18 Å². The Morgan fingerprint density at radius 3 is 2.54 bits per heavy atom. The third kappa shape index (κ3) is 6.29. The minimum atomic E-state index is -3.72. The highest BCUT2D eigenvalue weighted by molar-refractivity contribution is 7.86. The third-order valence-electron chi connectivity index (χ3n) is 4.36. The normalized spacial score (nSPS) is 18.6. The van der Waals surface area contributed by atoms with Crippen molar-refractivity contribution in [3.05, 3.63) is 29.8 Å². The number of likely N-dealkylation sites (tertiary alicyclic amines) is 1. The summed E-state index contributed by atoms with van der Waals surface area (Å²) in [4.78, 5) is 14.3. The number of nitrogens with one attached hydrogen (secondary N) is 1. The van der Waals surface area contributed by atoms with Crippen molar-refractivity contribution < 1.29 is 17.4 Å². The number of amides is 2. The maximum absolute atomic E-state index is 12.3. The highest BCUT2D eigenvalue weighted by atomic mass is 32.2. The number of carbonyl (C=O) groups excluding carboxylic acids is 1. The Morgan fingerprint density at radius 1 is 1.27 bits per heavy atom. The molecule has 1 aliphatic rings. The minimum Gasteiger partial charge on any atom is -0.333 e. The molecular weight excluding hydrogens is 352 g/mol. The number of hydrogen-bond acceptors (Lipinski definition) is 4. The molecule has 0 radical (unpaired) electrons. The molecule has 0 aromatic heterocycles. The van der Waals surface area contributed by atoms with Crippen molar-refractivity contribution in [1.29, 1.82) is 0 Å². The Bertz CT molecular complexity index is 708. The van der Waals surface area contributed by atoms with Gasteiger partial charge in [0.15, 0.2) is 0 Å². The zero-order valence-corrected chi connectivity index (χ0v) is 16.9. The molecule has 7 heteroatoms. The van der Waals surface area contributed by atoms with Crippen molar-refractivity contribution in [3.63, 3.8) is 0 Å². The molecule has 1 aromatic rings. The van der Waals surface area contributed by atoms with Crippen molar-refractivity contribution in [2.45, 2.75) is 57.4 Å². The van der Waals surface area contributed by atoms with Gasteiger partial charge < -0.3 is 10.2 Å². The smallest absolute Gasteiger partial charge is 0.317 e. The number of nitrogens with zero attached hydrogens (tertiary/aromatic N) is 1. The van der Waals surface area contributed by atoms with Crippen molar-refractivity contribution in [1.82, 2.24) is 10.2 Å². The maximum atomic E-state index is 12.3. The van der Waals surface area contributed by atoms with Crippen LogP contribution < -0.4 is 5.32 Å². The molecule has 2 amide bonds. The van der Waals surface area contributed by atoms with E-state index in [1.54, 1.807) is 24.3 Å². The Morgan fingerprint density at radius 2 is 1.92 bits per heavy atom. The van der Waals surface area contributed by atoms with E-state index in [0.717, 1.165) is 24.9 Å². The Kier molecular flexibility index (Phi) is 6.69. The standard InChI is InChI=1S/C19H30N2O4S/c1-15-7-9-17(10-8-15)26(23,24)25-13-11-16-6-5-12-21(14-16)18(22)20-19(2,3)4/h7-10,16H,5-6,11-14H2,1-4H3,(H,20,22). The average molecular weight is 383 g/mol. The van der Waals surface area contributed by atoms with E-state index in [-0.39, 0.29) is 29.0 Å². The number of piperidine rings is 1. The van der Waals surface area contributed by atoms with E-state index in [1.165, 1.54) is 0 Å². The fourth-order valence-corrected chi connectivity index (χ4v) is 3.90. The average Bonchev–Trinajstić information content (AvgIpc) is 2.54. The zero-order valence-electron chi connectivity index (χ0n) is 16.1. The van der Waals surface area contributed by atoms with Gasteiger partial charge in [-0.2, -0.15) is 8.42 Å². The first kappa shape index (κ1) is 20.7. The van der Waals surface area contributed by atoms with Crippen LogP contribution in [0.1, 0.15) is 45.6 Å². The molecule has 6 nitrogen and oxygen atoms in total. The van der Waals surface area contributed by atoms with Crippen LogP contribution in [-0.4, -0.2) is 44.6 Å². The van der Waals surface area contributed by atoms with E-state index >= 15 is 0 Å². The van der Waals surface area contributed by atoms with E-state index in [9.17, 15) is 13.2 Å². The first-order valence-corrected chi connectivity index (χ1v) is 10.5. The summed E-state index contributed by atoms with van der Waals surface area (Å²) in [5.74, 6) is 0.252. The highest BCUT2D eigenvalue weighted by Crippen LogP contribution is 2.21. The highest BCUT2D eigenvalue weighted by Gasteiger charge is 2.26. The summed E-state index contributed by atoms with van der Waals surface area (Å²) in [6.45, 7) is 9.27. The van der Waals surface area contributed by atoms with Crippen LogP contribution in [0.3, 0.4) is 0 Å². The van der Waals surface area contributed by atoms with E-state index in [4.69, 9.17) is 4.18 Å². The van der Waals surface area contributed by atoms with Gasteiger partial charge in [-0.25, -0.2) is 4.79 Å². The van der Waals surface area contributed by atoms with Gasteiger partial charge in [-0.05, 0) is 65.0 Å². The van der Waals surface area contributed by atoms with Crippen LogP contribution in [0.25, 0.3) is 0 Å². The predicted octanol–water partition coefficient (Wildman–Crippen LogP) is 3.31. The molecule has 1 heterocycles. The van der Waals surface area contributed by atoms with Gasteiger partial charge in [0, 0.05) is 18.6 Å². The molecule has 0 aliphatic carbocycles. The molecule has 0 bridgehead atoms. The van der Waals surface area contributed by atoms with Crippen LogP contribution >= 0.6 is 0 Å². The molecule has 0 spiro atoms. The molecule has 2 rings (SSSR count). The van der Waals surface area contributed by atoms with E-state index in [2.05, 4.69) is 5.32 Å². The van der Waals surface area contributed by atoms with Gasteiger partial charge in [0.1, 0.15) is 0 Å². The SMILES string of the molecule is Cc1ccc(S(=O)(=O)OCCC2CCCN(C(=O)NC(C)(C)C)C2)cc1. The maximum Gasteiger partial charge on any atom is 0.317 e. The summed E-state index contributed by atoms with van der Waals surface area (Å²) in [7, 11) is -3.72. The fourth-order valence-electron chi connectivity index (χ4n) is 2.98. The summed E-state index contributed by atoms with van der Waals surface area (Å²) in [5, 5.41) is 2.98. The zero-order chi connectivity index (χ0) is 19.4. The monoisotopic (exact) mass is 382 g/mol. The lowest BCUT2D eigenvalue weighted by molar-refractivity contribution is 0.148. The Labute approximate surface area is 157 Å². The van der Waals surface area contributed by atoms with Crippen LogP contribution in [-0.2, 0) is 14.3 Å². The Hall–Kier alpha value is -1.60. The van der Waals surface area contributed by atoms with Gasteiger partial charge in [0.25, 0.3) is 10.1 Å². The van der Waals surface area contributed by atoms with Crippen molar-refractivity contribution in [2.75, 3.05) is 19.7 Å². The minimum absolute atomic E-state index is 0.0598. The number of urea groups is 1. The summed E-state index contributed by atoms with van der Waals surface area (Å²) >= 11 is 0.